The summed E-state index contributed by atoms with van der Waals surface area (Å²) in [5.74, 6) is 1.25. The number of para-hydroxylation sites is 2. The fourth-order valence-electron chi connectivity index (χ4n) is 2.10. The molecule has 0 saturated heterocycles. The van der Waals surface area contributed by atoms with Crippen molar-refractivity contribution in [3.05, 3.63) is 48.5 Å². The summed E-state index contributed by atoms with van der Waals surface area (Å²) in [4.78, 5) is 12.1. The van der Waals surface area contributed by atoms with Crippen LogP contribution in [0.2, 0.25) is 0 Å². The summed E-state index contributed by atoms with van der Waals surface area (Å²) < 4.78 is 10.7. The van der Waals surface area contributed by atoms with Gasteiger partial charge in [0.1, 0.15) is 0 Å². The molecule has 3 rings (SSSR count). The quantitative estimate of drug-likeness (QED) is 0.717. The van der Waals surface area contributed by atoms with E-state index in [1.54, 1.807) is 37.4 Å². The van der Waals surface area contributed by atoms with Crippen LogP contribution in [0.1, 0.15) is 0 Å². The molecule has 0 aliphatic heterocycles. The van der Waals surface area contributed by atoms with Crippen LogP contribution in [0, 0.1) is 0 Å². The van der Waals surface area contributed by atoms with E-state index < -0.39 is 0 Å². The molecule has 3 aromatic rings. The number of aromatic amines is 1. The molecule has 0 unspecified atom stereocenters. The minimum absolute atomic E-state index is 0.132. The Bertz CT molecular complexity index is 820. The van der Waals surface area contributed by atoms with Crippen molar-refractivity contribution in [3.8, 4) is 22.9 Å². The van der Waals surface area contributed by atoms with Crippen LogP contribution in [0.5, 0.6) is 11.5 Å². The van der Waals surface area contributed by atoms with Crippen LogP contribution >= 0.6 is 0 Å². The molecule has 0 spiro atoms. The van der Waals surface area contributed by atoms with E-state index in [0.717, 1.165) is 5.56 Å². The zero-order chi connectivity index (χ0) is 16.8. The lowest BCUT2D eigenvalue weighted by atomic mass is 10.2. The second-order valence-corrected chi connectivity index (χ2v) is 4.80. The van der Waals surface area contributed by atoms with Crippen LogP contribution in [0.4, 0.5) is 5.69 Å². The highest BCUT2D eigenvalue weighted by Crippen LogP contribution is 2.25. The van der Waals surface area contributed by atoms with Gasteiger partial charge < -0.3 is 14.8 Å². The van der Waals surface area contributed by atoms with Gasteiger partial charge in [-0.1, -0.05) is 24.3 Å². The molecule has 1 amide bonds. The van der Waals surface area contributed by atoms with Crippen molar-refractivity contribution in [2.75, 3.05) is 19.0 Å². The highest BCUT2D eigenvalue weighted by Gasteiger charge is 2.09. The minimum atomic E-state index is -0.286. The smallest absolute Gasteiger partial charge is 0.262 e. The monoisotopic (exact) mass is 325 g/mol. The van der Waals surface area contributed by atoms with Crippen molar-refractivity contribution in [2.24, 2.45) is 0 Å². The van der Waals surface area contributed by atoms with E-state index in [4.69, 9.17) is 9.47 Å². The second kappa shape index (κ2) is 7.23. The van der Waals surface area contributed by atoms with Gasteiger partial charge in [-0.3, -0.25) is 4.79 Å². The van der Waals surface area contributed by atoms with Gasteiger partial charge >= 0.3 is 0 Å². The summed E-state index contributed by atoms with van der Waals surface area (Å²) in [5, 5.41) is 16.5. The van der Waals surface area contributed by atoms with Crippen molar-refractivity contribution >= 4 is 11.6 Å². The number of tetrazole rings is 1. The third kappa shape index (κ3) is 3.67. The molecule has 122 valence electrons. The number of aromatic nitrogens is 4. The summed E-state index contributed by atoms with van der Waals surface area (Å²) in [6.45, 7) is -0.132. The first-order valence-corrected chi connectivity index (χ1v) is 7.16. The number of hydrogen-bond acceptors (Lipinski definition) is 6. The van der Waals surface area contributed by atoms with Gasteiger partial charge in [-0.05, 0) is 29.5 Å². The molecular weight excluding hydrogens is 310 g/mol. The molecule has 0 aliphatic carbocycles. The molecule has 0 aliphatic rings. The Kier molecular flexibility index (Phi) is 4.66. The highest BCUT2D eigenvalue weighted by atomic mass is 16.5. The van der Waals surface area contributed by atoms with E-state index in [-0.39, 0.29) is 12.5 Å². The molecule has 0 atom stereocenters. The lowest BCUT2D eigenvalue weighted by molar-refractivity contribution is -0.118. The first-order valence-electron chi connectivity index (χ1n) is 7.16. The lowest BCUT2D eigenvalue weighted by Gasteiger charge is -2.10. The fraction of sp³-hybridized carbons (Fsp3) is 0.125. The standard InChI is InChI=1S/C16H15N5O3/c1-23-13-7-2-3-8-14(13)24-10-15(22)17-12-6-4-5-11(9-12)16-18-20-21-19-16/h2-9H,10H2,1H3,(H,17,22)(H,18,19,20,21). The van der Waals surface area contributed by atoms with Crippen molar-refractivity contribution in [2.45, 2.75) is 0 Å². The number of hydrogen-bond donors (Lipinski definition) is 2. The van der Waals surface area contributed by atoms with Gasteiger partial charge in [0.15, 0.2) is 18.1 Å². The first-order chi connectivity index (χ1) is 11.8. The number of carbonyl (C=O) groups is 1. The Morgan fingerprint density at radius 2 is 2.00 bits per heavy atom. The number of methoxy groups -OCH3 is 1. The lowest BCUT2D eigenvalue weighted by Crippen LogP contribution is -2.20. The highest BCUT2D eigenvalue weighted by molar-refractivity contribution is 5.92. The number of carbonyl (C=O) groups excluding carboxylic acids is 1. The average Bonchev–Trinajstić information content (AvgIpc) is 3.15. The normalized spacial score (nSPS) is 10.2. The molecule has 2 aromatic carbocycles. The molecule has 8 nitrogen and oxygen atoms in total. The van der Waals surface area contributed by atoms with Gasteiger partial charge in [0.25, 0.3) is 5.91 Å². The molecule has 1 aromatic heterocycles. The van der Waals surface area contributed by atoms with Gasteiger partial charge in [0.2, 0.25) is 5.82 Å². The summed E-state index contributed by atoms with van der Waals surface area (Å²) >= 11 is 0. The SMILES string of the molecule is COc1ccccc1OCC(=O)Nc1cccc(-c2nn[nH]n2)c1. The van der Waals surface area contributed by atoms with Crippen LogP contribution < -0.4 is 14.8 Å². The van der Waals surface area contributed by atoms with Crippen LogP contribution in [0.15, 0.2) is 48.5 Å². The molecule has 8 heteroatoms. The molecule has 1 heterocycles. The van der Waals surface area contributed by atoms with Crippen LogP contribution in [-0.2, 0) is 4.79 Å². The van der Waals surface area contributed by atoms with Gasteiger partial charge in [-0.15, -0.1) is 10.2 Å². The summed E-state index contributed by atoms with van der Waals surface area (Å²) in [6, 6.07) is 14.3. The van der Waals surface area contributed by atoms with E-state index in [2.05, 4.69) is 25.9 Å². The fourth-order valence-corrected chi connectivity index (χ4v) is 2.10. The molecule has 0 radical (unpaired) electrons. The zero-order valence-electron chi connectivity index (χ0n) is 12.9. The Morgan fingerprint density at radius 1 is 1.17 bits per heavy atom. The molecule has 24 heavy (non-hydrogen) atoms. The summed E-state index contributed by atoms with van der Waals surface area (Å²) in [5.41, 5.74) is 1.36. The number of nitrogens with one attached hydrogen (secondary N) is 2. The number of ether oxygens (including phenoxy) is 2. The van der Waals surface area contributed by atoms with Gasteiger partial charge in [-0.2, -0.15) is 5.21 Å². The third-order valence-corrected chi connectivity index (χ3v) is 3.18. The zero-order valence-corrected chi connectivity index (χ0v) is 12.9. The van der Waals surface area contributed by atoms with Crippen molar-refractivity contribution in [1.82, 2.24) is 20.6 Å². The number of benzene rings is 2. The number of H-pyrrole nitrogens is 1. The number of nitrogens with zero attached hydrogens (tertiary/aromatic N) is 3. The molecule has 2 N–H and O–H groups in total. The largest absolute Gasteiger partial charge is 0.493 e. The molecule has 0 saturated carbocycles. The van der Waals surface area contributed by atoms with E-state index >= 15 is 0 Å². The second-order valence-electron chi connectivity index (χ2n) is 4.80. The Labute approximate surface area is 137 Å². The first kappa shape index (κ1) is 15.5. The number of amides is 1. The number of rotatable bonds is 6. The van der Waals surface area contributed by atoms with E-state index in [1.807, 2.05) is 18.2 Å². The topological polar surface area (TPSA) is 102 Å². The maximum Gasteiger partial charge on any atom is 0.262 e. The van der Waals surface area contributed by atoms with Gasteiger partial charge in [0, 0.05) is 11.3 Å². The predicted molar refractivity (Wildman–Crippen MR) is 86.7 cm³/mol. The van der Waals surface area contributed by atoms with Crippen LogP contribution in [0.25, 0.3) is 11.4 Å². The minimum Gasteiger partial charge on any atom is -0.493 e. The maximum atomic E-state index is 12.1. The van der Waals surface area contributed by atoms with Crippen molar-refractivity contribution in [3.63, 3.8) is 0 Å². The summed E-state index contributed by atoms with van der Waals surface area (Å²) in [7, 11) is 1.55. The van der Waals surface area contributed by atoms with E-state index in [1.165, 1.54) is 0 Å². The maximum absolute atomic E-state index is 12.1. The Hall–Kier alpha value is -3.42. The Balaban J connectivity index is 1.62. The molecule has 0 bridgehead atoms. The van der Waals surface area contributed by atoms with Crippen molar-refractivity contribution < 1.29 is 14.3 Å². The molecular formula is C16H15N5O3. The average molecular weight is 325 g/mol. The van der Waals surface area contributed by atoms with Gasteiger partial charge in [0.05, 0.1) is 7.11 Å². The molecule has 0 fully saturated rings. The van der Waals surface area contributed by atoms with Gasteiger partial charge in [-0.25, -0.2) is 0 Å². The van der Waals surface area contributed by atoms with E-state index in [0.29, 0.717) is 23.0 Å². The van der Waals surface area contributed by atoms with Crippen molar-refractivity contribution in [1.29, 1.82) is 0 Å². The van der Waals surface area contributed by atoms with Crippen LogP contribution in [0.3, 0.4) is 0 Å². The van der Waals surface area contributed by atoms with Crippen LogP contribution in [-0.4, -0.2) is 40.2 Å². The van der Waals surface area contributed by atoms with E-state index in [9.17, 15) is 4.79 Å². The Morgan fingerprint density at radius 3 is 2.75 bits per heavy atom. The third-order valence-electron chi connectivity index (χ3n) is 3.18. The number of anilines is 1. The predicted octanol–water partition coefficient (Wildman–Crippen LogP) is 1.89. The summed E-state index contributed by atoms with van der Waals surface area (Å²) in [6.07, 6.45) is 0.